The van der Waals surface area contributed by atoms with Crippen molar-refractivity contribution in [2.75, 3.05) is 13.1 Å². The van der Waals surface area contributed by atoms with Crippen LogP contribution in [0.25, 0.3) is 0 Å². The van der Waals surface area contributed by atoms with Crippen LogP contribution in [0.1, 0.15) is 46.3 Å². The third kappa shape index (κ3) is 3.11. The Labute approximate surface area is 165 Å². The second-order valence-electron chi connectivity index (χ2n) is 7.69. The van der Waals surface area contributed by atoms with E-state index in [0.29, 0.717) is 6.54 Å². The topological polar surface area (TPSA) is 76.2 Å². The number of amides is 1. The first-order chi connectivity index (χ1) is 14.0. The Morgan fingerprint density at radius 1 is 1.34 bits per heavy atom. The fourth-order valence-electron chi connectivity index (χ4n) is 4.49. The molecule has 7 nitrogen and oxygen atoms in total. The van der Waals surface area contributed by atoms with Gasteiger partial charge in [-0.25, -0.2) is 13.8 Å². The number of nitrogens with one attached hydrogen (secondary N) is 1. The van der Waals surface area contributed by atoms with E-state index in [0.717, 1.165) is 30.9 Å². The van der Waals surface area contributed by atoms with Gasteiger partial charge in [-0.15, -0.1) is 0 Å². The molecule has 9 heteroatoms. The molecule has 1 amide bonds. The van der Waals surface area contributed by atoms with Gasteiger partial charge in [-0.2, -0.15) is 0 Å². The molecule has 1 fully saturated rings. The van der Waals surface area contributed by atoms with E-state index in [1.807, 2.05) is 12.3 Å². The number of carbonyl (C=O) groups is 1. The zero-order valence-corrected chi connectivity index (χ0v) is 15.5. The van der Waals surface area contributed by atoms with Crippen molar-refractivity contribution < 1.29 is 18.1 Å². The highest BCUT2D eigenvalue weighted by Crippen LogP contribution is 2.45. The molecule has 1 aromatic carbocycles. The van der Waals surface area contributed by atoms with E-state index in [2.05, 4.69) is 24.9 Å². The molecular weight excluding hydrogens is 380 g/mol. The number of aromatic nitrogens is 3. The lowest BCUT2D eigenvalue weighted by molar-refractivity contribution is 0.00743. The SMILES string of the molecule is O=C(NC1CC2(CN(Cc3cccc(C(F)F)c3)C2)n2ccnc21)c1ccon1. The number of rotatable bonds is 5. The van der Waals surface area contributed by atoms with Gasteiger partial charge < -0.3 is 14.4 Å². The first-order valence-corrected chi connectivity index (χ1v) is 9.38. The quantitative estimate of drug-likeness (QED) is 0.714. The van der Waals surface area contributed by atoms with Crippen LogP contribution in [0.4, 0.5) is 8.78 Å². The molecule has 150 valence electrons. The van der Waals surface area contributed by atoms with Crippen molar-refractivity contribution in [3.8, 4) is 0 Å². The summed E-state index contributed by atoms with van der Waals surface area (Å²) in [6.45, 7) is 2.15. The summed E-state index contributed by atoms with van der Waals surface area (Å²) < 4.78 is 32.7. The van der Waals surface area contributed by atoms with Crippen LogP contribution in [0, 0.1) is 0 Å². The normalized spacial score (nSPS) is 20.0. The lowest BCUT2D eigenvalue weighted by Gasteiger charge is -2.49. The van der Waals surface area contributed by atoms with Gasteiger partial charge in [0.1, 0.15) is 12.1 Å². The number of hydrogen-bond donors (Lipinski definition) is 1. The van der Waals surface area contributed by atoms with E-state index in [-0.39, 0.29) is 28.7 Å². The average molecular weight is 399 g/mol. The van der Waals surface area contributed by atoms with Crippen LogP contribution in [0.3, 0.4) is 0 Å². The van der Waals surface area contributed by atoms with Crippen molar-refractivity contribution in [2.45, 2.75) is 31.0 Å². The second-order valence-corrected chi connectivity index (χ2v) is 7.69. The Hall–Kier alpha value is -3.07. The van der Waals surface area contributed by atoms with Crippen LogP contribution in [0.15, 0.2) is 53.5 Å². The summed E-state index contributed by atoms with van der Waals surface area (Å²) in [6, 6.07) is 7.86. The van der Waals surface area contributed by atoms with Crippen molar-refractivity contribution in [1.82, 2.24) is 24.9 Å². The Balaban J connectivity index is 1.27. The van der Waals surface area contributed by atoms with E-state index < -0.39 is 6.43 Å². The van der Waals surface area contributed by atoms with Crippen molar-refractivity contribution in [3.63, 3.8) is 0 Å². The summed E-state index contributed by atoms with van der Waals surface area (Å²) in [7, 11) is 0. The Kier molecular flexibility index (Phi) is 4.20. The number of fused-ring (bicyclic) bond motifs is 2. The minimum Gasteiger partial charge on any atom is -0.364 e. The predicted molar refractivity (Wildman–Crippen MR) is 98.2 cm³/mol. The molecule has 1 N–H and O–H groups in total. The molecule has 1 unspecified atom stereocenters. The maximum Gasteiger partial charge on any atom is 0.274 e. The van der Waals surface area contributed by atoms with Crippen LogP contribution in [-0.2, 0) is 12.1 Å². The molecule has 2 aliphatic rings. The molecule has 0 bridgehead atoms. The minimum atomic E-state index is -2.46. The maximum atomic E-state index is 12.9. The molecule has 1 spiro atoms. The van der Waals surface area contributed by atoms with E-state index in [1.165, 1.54) is 18.4 Å². The third-order valence-corrected chi connectivity index (χ3v) is 5.70. The first kappa shape index (κ1) is 18.0. The van der Waals surface area contributed by atoms with Crippen LogP contribution < -0.4 is 5.32 Å². The average Bonchev–Trinajstić information content (AvgIpc) is 3.40. The summed E-state index contributed by atoms with van der Waals surface area (Å²) >= 11 is 0. The van der Waals surface area contributed by atoms with Crippen molar-refractivity contribution in [3.05, 3.63) is 71.6 Å². The van der Waals surface area contributed by atoms with Crippen molar-refractivity contribution >= 4 is 5.91 Å². The molecule has 0 saturated carbocycles. The summed E-state index contributed by atoms with van der Waals surface area (Å²) in [5.41, 5.74) is 1.01. The van der Waals surface area contributed by atoms with Crippen molar-refractivity contribution in [2.24, 2.45) is 0 Å². The number of imidazole rings is 1. The summed E-state index contributed by atoms with van der Waals surface area (Å²) in [4.78, 5) is 19.0. The molecule has 0 aliphatic carbocycles. The van der Waals surface area contributed by atoms with Crippen LogP contribution >= 0.6 is 0 Å². The summed E-state index contributed by atoms with van der Waals surface area (Å²) in [5.74, 6) is 0.525. The monoisotopic (exact) mass is 399 g/mol. The van der Waals surface area contributed by atoms with Crippen molar-refractivity contribution in [1.29, 1.82) is 0 Å². The lowest BCUT2D eigenvalue weighted by atomic mass is 9.85. The number of halogens is 2. The smallest absolute Gasteiger partial charge is 0.274 e. The molecule has 1 saturated heterocycles. The van der Waals surface area contributed by atoms with Crippen LogP contribution in [0.2, 0.25) is 0 Å². The molecule has 3 aromatic rings. The lowest BCUT2D eigenvalue weighted by Crippen LogP contribution is -2.60. The zero-order valence-electron chi connectivity index (χ0n) is 15.5. The number of likely N-dealkylation sites (tertiary alicyclic amines) is 1. The van der Waals surface area contributed by atoms with Crippen LogP contribution in [-0.4, -0.2) is 38.6 Å². The van der Waals surface area contributed by atoms with Gasteiger partial charge in [0.05, 0.1) is 11.6 Å². The fourth-order valence-corrected chi connectivity index (χ4v) is 4.49. The number of carbonyl (C=O) groups excluding carboxylic acids is 1. The molecule has 2 aliphatic heterocycles. The highest BCUT2D eigenvalue weighted by atomic mass is 19.3. The standard InChI is InChI=1S/C20H19F2N5O2/c21-17(22)14-3-1-2-13(8-14)10-26-11-20(12-26)9-16(18-23-5-6-27(18)20)24-19(28)15-4-7-29-25-15/h1-8,16-17H,9-12H2,(H,24,28). The molecular formula is C20H19F2N5O2. The second kappa shape index (κ2) is 6.77. The van der Waals surface area contributed by atoms with E-state index in [4.69, 9.17) is 4.52 Å². The molecule has 2 aromatic heterocycles. The summed E-state index contributed by atoms with van der Waals surface area (Å²) in [6.07, 6.45) is 3.30. The molecule has 29 heavy (non-hydrogen) atoms. The van der Waals surface area contributed by atoms with Crippen LogP contribution in [0.5, 0.6) is 0 Å². The highest BCUT2D eigenvalue weighted by Gasteiger charge is 2.52. The Morgan fingerprint density at radius 2 is 2.21 bits per heavy atom. The predicted octanol–water partition coefficient (Wildman–Crippen LogP) is 2.89. The third-order valence-electron chi connectivity index (χ3n) is 5.70. The minimum absolute atomic E-state index is 0.0473. The largest absolute Gasteiger partial charge is 0.364 e. The van der Waals surface area contributed by atoms with Gasteiger partial charge in [0.2, 0.25) is 0 Å². The van der Waals surface area contributed by atoms with E-state index >= 15 is 0 Å². The van der Waals surface area contributed by atoms with Gasteiger partial charge in [-0.1, -0.05) is 23.4 Å². The number of benzene rings is 1. The molecule has 5 rings (SSSR count). The van der Waals surface area contributed by atoms with Gasteiger partial charge >= 0.3 is 0 Å². The highest BCUT2D eigenvalue weighted by molar-refractivity contribution is 5.92. The molecule has 1 atom stereocenters. The van der Waals surface area contributed by atoms with E-state index in [9.17, 15) is 13.6 Å². The van der Waals surface area contributed by atoms with Gasteiger partial charge in [0.25, 0.3) is 12.3 Å². The number of alkyl halides is 2. The maximum absolute atomic E-state index is 12.9. The van der Waals surface area contributed by atoms with Gasteiger partial charge in [0.15, 0.2) is 5.69 Å². The Bertz CT molecular complexity index is 1030. The fraction of sp³-hybridized carbons (Fsp3) is 0.350. The zero-order chi connectivity index (χ0) is 20.0. The summed E-state index contributed by atoms with van der Waals surface area (Å²) in [5, 5.41) is 6.66. The Morgan fingerprint density at radius 3 is 2.97 bits per heavy atom. The molecule has 4 heterocycles. The number of hydrogen-bond acceptors (Lipinski definition) is 5. The van der Waals surface area contributed by atoms with Gasteiger partial charge in [-0.3, -0.25) is 9.69 Å². The van der Waals surface area contributed by atoms with Gasteiger partial charge in [-0.05, 0) is 11.6 Å². The van der Waals surface area contributed by atoms with E-state index in [1.54, 1.807) is 18.3 Å². The first-order valence-electron chi connectivity index (χ1n) is 9.38. The molecule has 0 radical (unpaired) electrons. The number of nitrogens with zero attached hydrogens (tertiary/aromatic N) is 4. The van der Waals surface area contributed by atoms with Gasteiger partial charge in [0, 0.05) is 50.1 Å².